The minimum Gasteiger partial charge on any atom is -0.487 e. The lowest BCUT2D eigenvalue weighted by molar-refractivity contribution is 0.138. The third-order valence-corrected chi connectivity index (χ3v) is 3.86. The minimum absolute atomic E-state index is 0.121. The highest BCUT2D eigenvalue weighted by atomic mass is 35.5. The maximum Gasteiger partial charge on any atom is 0.126 e. The third-order valence-electron chi connectivity index (χ3n) is 3.39. The van der Waals surface area contributed by atoms with Crippen molar-refractivity contribution in [2.45, 2.75) is 38.2 Å². The number of halogens is 1. The van der Waals surface area contributed by atoms with Crippen LogP contribution in [0.5, 0.6) is 5.75 Å². The second-order valence-electron chi connectivity index (χ2n) is 5.72. The highest BCUT2D eigenvalue weighted by Crippen LogP contribution is 2.38. The van der Waals surface area contributed by atoms with Crippen LogP contribution in [0.2, 0.25) is 0 Å². The summed E-state index contributed by atoms with van der Waals surface area (Å²) in [7, 11) is 0. The van der Waals surface area contributed by atoms with Crippen molar-refractivity contribution in [3.05, 3.63) is 53.0 Å². The van der Waals surface area contributed by atoms with Gasteiger partial charge in [-0.05, 0) is 50.1 Å². The Morgan fingerprint density at radius 3 is 2.68 bits per heavy atom. The van der Waals surface area contributed by atoms with Crippen LogP contribution in [0.1, 0.15) is 41.9 Å². The molecule has 19 heavy (non-hydrogen) atoms. The van der Waals surface area contributed by atoms with Crippen molar-refractivity contribution >= 4 is 11.6 Å². The van der Waals surface area contributed by atoms with Gasteiger partial charge in [0.2, 0.25) is 0 Å². The van der Waals surface area contributed by atoms with Crippen LogP contribution in [0.15, 0.2) is 34.7 Å². The highest BCUT2D eigenvalue weighted by Gasteiger charge is 2.30. The largest absolute Gasteiger partial charge is 0.487 e. The van der Waals surface area contributed by atoms with Gasteiger partial charge in [0, 0.05) is 6.42 Å². The van der Waals surface area contributed by atoms with Crippen molar-refractivity contribution in [2.24, 2.45) is 0 Å². The smallest absolute Gasteiger partial charge is 0.126 e. The Bertz CT molecular complexity index is 613. The van der Waals surface area contributed by atoms with E-state index in [-0.39, 0.29) is 11.0 Å². The van der Waals surface area contributed by atoms with Crippen LogP contribution in [0, 0.1) is 6.92 Å². The zero-order valence-electron chi connectivity index (χ0n) is 11.4. The topological polar surface area (TPSA) is 22.4 Å². The SMILES string of the molecule is Cc1ccc(C(Cl)c2ccc3c(c2)CC(C)(C)O3)o1. The average Bonchev–Trinajstić information content (AvgIpc) is 2.88. The van der Waals surface area contributed by atoms with Gasteiger partial charge in [-0.1, -0.05) is 12.1 Å². The molecule has 1 aromatic carbocycles. The van der Waals surface area contributed by atoms with Gasteiger partial charge in [-0.3, -0.25) is 0 Å². The standard InChI is InChI=1S/C16H17ClO2/c1-10-4-6-14(18-10)15(17)11-5-7-13-12(8-11)9-16(2,3)19-13/h4-8,15H,9H2,1-3H3. The van der Waals surface area contributed by atoms with Gasteiger partial charge in [-0.15, -0.1) is 11.6 Å². The first-order chi connectivity index (χ1) is 8.94. The van der Waals surface area contributed by atoms with E-state index in [1.54, 1.807) is 0 Å². The van der Waals surface area contributed by atoms with Gasteiger partial charge in [0.1, 0.15) is 28.2 Å². The van der Waals surface area contributed by atoms with E-state index < -0.39 is 0 Å². The fourth-order valence-corrected chi connectivity index (χ4v) is 2.79. The summed E-state index contributed by atoms with van der Waals surface area (Å²) in [6.07, 6.45) is 0.914. The van der Waals surface area contributed by atoms with E-state index in [4.69, 9.17) is 20.8 Å². The van der Waals surface area contributed by atoms with Crippen molar-refractivity contribution in [2.75, 3.05) is 0 Å². The molecule has 3 heteroatoms. The number of hydrogen-bond donors (Lipinski definition) is 0. The predicted octanol–water partition coefficient (Wildman–Crippen LogP) is 4.63. The molecule has 1 atom stereocenters. The van der Waals surface area contributed by atoms with E-state index in [0.29, 0.717) is 0 Å². The molecule has 100 valence electrons. The lowest BCUT2D eigenvalue weighted by Gasteiger charge is -2.16. The van der Waals surface area contributed by atoms with Crippen LogP contribution in [0.25, 0.3) is 0 Å². The third kappa shape index (κ3) is 2.37. The summed E-state index contributed by atoms with van der Waals surface area (Å²) in [4.78, 5) is 0. The Kier molecular flexibility index (Phi) is 2.86. The Morgan fingerprint density at radius 2 is 2.00 bits per heavy atom. The molecule has 0 N–H and O–H groups in total. The van der Waals surface area contributed by atoms with E-state index in [9.17, 15) is 0 Å². The summed E-state index contributed by atoms with van der Waals surface area (Å²) in [5.74, 6) is 2.64. The first-order valence-electron chi connectivity index (χ1n) is 6.47. The van der Waals surface area contributed by atoms with Gasteiger partial charge in [0.25, 0.3) is 0 Å². The summed E-state index contributed by atoms with van der Waals surface area (Å²) in [5.41, 5.74) is 2.15. The maximum atomic E-state index is 6.48. The molecule has 0 radical (unpaired) electrons. The maximum absolute atomic E-state index is 6.48. The molecule has 0 fully saturated rings. The van der Waals surface area contributed by atoms with Crippen molar-refractivity contribution in [3.63, 3.8) is 0 Å². The zero-order valence-corrected chi connectivity index (χ0v) is 12.1. The Hall–Kier alpha value is -1.41. The lowest BCUT2D eigenvalue weighted by atomic mass is 9.99. The molecule has 0 saturated carbocycles. The molecule has 1 unspecified atom stereocenters. The molecule has 1 aromatic heterocycles. The molecule has 0 saturated heterocycles. The molecule has 0 amide bonds. The molecule has 0 aliphatic carbocycles. The minimum atomic E-state index is -0.247. The van der Waals surface area contributed by atoms with Crippen LogP contribution in [-0.2, 0) is 6.42 Å². The van der Waals surface area contributed by atoms with E-state index >= 15 is 0 Å². The van der Waals surface area contributed by atoms with E-state index in [1.807, 2.05) is 31.2 Å². The van der Waals surface area contributed by atoms with Crippen LogP contribution < -0.4 is 4.74 Å². The molecule has 0 bridgehead atoms. The number of fused-ring (bicyclic) bond motifs is 1. The Balaban J connectivity index is 1.92. The van der Waals surface area contributed by atoms with Gasteiger partial charge >= 0.3 is 0 Å². The zero-order chi connectivity index (χ0) is 13.6. The van der Waals surface area contributed by atoms with Gasteiger partial charge in [-0.2, -0.15) is 0 Å². The summed E-state index contributed by atoms with van der Waals surface area (Å²) < 4.78 is 11.5. The Morgan fingerprint density at radius 1 is 1.21 bits per heavy atom. The summed E-state index contributed by atoms with van der Waals surface area (Å²) in [5, 5.41) is -0.247. The summed E-state index contributed by atoms with van der Waals surface area (Å²) in [6, 6.07) is 10.0. The number of rotatable bonds is 2. The summed E-state index contributed by atoms with van der Waals surface area (Å²) in [6.45, 7) is 6.12. The first-order valence-corrected chi connectivity index (χ1v) is 6.90. The van der Waals surface area contributed by atoms with Crippen LogP contribution in [0.3, 0.4) is 0 Å². The summed E-state index contributed by atoms with van der Waals surface area (Å²) >= 11 is 6.48. The quantitative estimate of drug-likeness (QED) is 0.746. The second kappa shape index (κ2) is 4.31. The molecule has 3 rings (SSSR count). The van der Waals surface area contributed by atoms with Crippen LogP contribution >= 0.6 is 11.6 Å². The molecule has 0 spiro atoms. The van der Waals surface area contributed by atoms with E-state index in [0.717, 1.165) is 29.3 Å². The monoisotopic (exact) mass is 276 g/mol. The normalized spacial score (nSPS) is 17.9. The van der Waals surface area contributed by atoms with E-state index in [2.05, 4.69) is 19.9 Å². The molecule has 2 heterocycles. The lowest BCUT2D eigenvalue weighted by Crippen LogP contribution is -2.24. The van der Waals surface area contributed by atoms with Crippen molar-refractivity contribution in [3.8, 4) is 5.75 Å². The number of furan rings is 1. The Labute approximate surface area is 118 Å². The van der Waals surface area contributed by atoms with Gasteiger partial charge in [0.05, 0.1) is 0 Å². The molecular weight excluding hydrogens is 260 g/mol. The molecular formula is C16H17ClO2. The fraction of sp³-hybridized carbons (Fsp3) is 0.375. The predicted molar refractivity (Wildman–Crippen MR) is 76.0 cm³/mol. The number of benzene rings is 1. The van der Waals surface area contributed by atoms with Gasteiger partial charge in [-0.25, -0.2) is 0 Å². The second-order valence-corrected chi connectivity index (χ2v) is 6.15. The van der Waals surface area contributed by atoms with Crippen LogP contribution in [-0.4, -0.2) is 5.60 Å². The number of alkyl halides is 1. The number of aryl methyl sites for hydroxylation is 1. The molecule has 2 nitrogen and oxygen atoms in total. The first kappa shape index (κ1) is 12.6. The average molecular weight is 277 g/mol. The van der Waals surface area contributed by atoms with E-state index in [1.165, 1.54) is 5.56 Å². The van der Waals surface area contributed by atoms with Crippen molar-refractivity contribution in [1.82, 2.24) is 0 Å². The molecule has 1 aliphatic heterocycles. The molecule has 2 aromatic rings. The number of hydrogen-bond acceptors (Lipinski definition) is 2. The van der Waals surface area contributed by atoms with Gasteiger partial charge < -0.3 is 9.15 Å². The molecule has 1 aliphatic rings. The fourth-order valence-electron chi connectivity index (χ4n) is 2.54. The number of ether oxygens (including phenoxy) is 1. The highest BCUT2D eigenvalue weighted by molar-refractivity contribution is 6.22. The van der Waals surface area contributed by atoms with Gasteiger partial charge in [0.15, 0.2) is 0 Å². The van der Waals surface area contributed by atoms with Crippen molar-refractivity contribution < 1.29 is 9.15 Å². The van der Waals surface area contributed by atoms with Crippen LogP contribution in [0.4, 0.5) is 0 Å². The van der Waals surface area contributed by atoms with Crippen molar-refractivity contribution in [1.29, 1.82) is 0 Å².